The molecule has 0 aromatic heterocycles. The van der Waals surface area contributed by atoms with Gasteiger partial charge < -0.3 is 4.74 Å². The van der Waals surface area contributed by atoms with Gasteiger partial charge in [0, 0.05) is 24.5 Å². The lowest BCUT2D eigenvalue weighted by Gasteiger charge is -2.42. The molecule has 3 atom stereocenters. The number of hydrogen-bond acceptors (Lipinski definition) is 2. The van der Waals surface area contributed by atoms with Gasteiger partial charge in [-0.2, -0.15) is 0 Å². The van der Waals surface area contributed by atoms with E-state index < -0.39 is 0 Å². The Balaban J connectivity index is 2.07. The molecule has 0 aromatic carbocycles. The summed E-state index contributed by atoms with van der Waals surface area (Å²) in [5.41, 5.74) is 0. The van der Waals surface area contributed by atoms with Crippen molar-refractivity contribution in [1.82, 2.24) is 4.90 Å². The second kappa shape index (κ2) is 3.58. The second-order valence-electron chi connectivity index (χ2n) is 5.00. The van der Waals surface area contributed by atoms with E-state index in [0.29, 0.717) is 6.04 Å². The molecule has 2 fully saturated rings. The predicted molar refractivity (Wildman–Crippen MR) is 53.7 cm³/mol. The van der Waals surface area contributed by atoms with E-state index >= 15 is 0 Å². The SMILES string of the molecule is CC(C)N1C[C@@H](C)C[C@H]2COCC21. The summed E-state index contributed by atoms with van der Waals surface area (Å²) in [4.78, 5) is 2.63. The highest BCUT2D eigenvalue weighted by Crippen LogP contribution is 2.32. The Labute approximate surface area is 81.3 Å². The van der Waals surface area contributed by atoms with E-state index in [9.17, 15) is 0 Å². The molecule has 0 bridgehead atoms. The molecule has 0 radical (unpaired) electrons. The van der Waals surface area contributed by atoms with Crippen molar-refractivity contribution >= 4 is 0 Å². The lowest BCUT2D eigenvalue weighted by atomic mass is 9.85. The molecule has 13 heavy (non-hydrogen) atoms. The Bertz CT molecular complexity index is 181. The van der Waals surface area contributed by atoms with Crippen LogP contribution in [-0.4, -0.2) is 36.7 Å². The van der Waals surface area contributed by atoms with Crippen LogP contribution in [0.1, 0.15) is 27.2 Å². The lowest BCUT2D eigenvalue weighted by Crippen LogP contribution is -2.50. The standard InChI is InChI=1S/C11H21NO/c1-8(2)12-5-9(3)4-10-6-13-7-11(10)12/h8-11H,4-7H2,1-3H3/t9-,10-,11?/m0/s1. The Hall–Kier alpha value is -0.0800. The molecule has 2 rings (SSSR count). The first-order valence-corrected chi connectivity index (χ1v) is 5.52. The molecule has 2 heteroatoms. The molecule has 0 N–H and O–H groups in total. The van der Waals surface area contributed by atoms with Crippen LogP contribution >= 0.6 is 0 Å². The normalized spacial score (nSPS) is 41.1. The molecule has 2 aliphatic rings. The largest absolute Gasteiger partial charge is 0.379 e. The highest BCUT2D eigenvalue weighted by molar-refractivity contribution is 4.91. The van der Waals surface area contributed by atoms with Gasteiger partial charge in [-0.25, -0.2) is 0 Å². The summed E-state index contributed by atoms with van der Waals surface area (Å²) in [5, 5.41) is 0. The van der Waals surface area contributed by atoms with E-state index in [4.69, 9.17) is 4.74 Å². The predicted octanol–water partition coefficient (Wildman–Crippen LogP) is 1.75. The minimum atomic E-state index is 0.678. The van der Waals surface area contributed by atoms with Gasteiger partial charge in [-0.05, 0) is 26.2 Å². The van der Waals surface area contributed by atoms with Crippen LogP contribution in [0.2, 0.25) is 0 Å². The third kappa shape index (κ3) is 1.75. The van der Waals surface area contributed by atoms with Crippen LogP contribution < -0.4 is 0 Å². The summed E-state index contributed by atoms with van der Waals surface area (Å²) in [7, 11) is 0. The summed E-state index contributed by atoms with van der Waals surface area (Å²) < 4.78 is 5.58. The highest BCUT2D eigenvalue weighted by Gasteiger charge is 2.39. The molecule has 76 valence electrons. The molecule has 0 amide bonds. The Morgan fingerprint density at radius 1 is 1.31 bits per heavy atom. The number of nitrogens with zero attached hydrogens (tertiary/aromatic N) is 1. The first-order valence-electron chi connectivity index (χ1n) is 5.52. The molecule has 1 unspecified atom stereocenters. The van der Waals surface area contributed by atoms with E-state index in [-0.39, 0.29) is 0 Å². The van der Waals surface area contributed by atoms with Crippen LogP contribution in [0.5, 0.6) is 0 Å². The zero-order chi connectivity index (χ0) is 9.42. The van der Waals surface area contributed by atoms with Crippen molar-refractivity contribution < 1.29 is 4.74 Å². The van der Waals surface area contributed by atoms with E-state index in [1.54, 1.807) is 0 Å². The van der Waals surface area contributed by atoms with Gasteiger partial charge in [0.1, 0.15) is 0 Å². The maximum absolute atomic E-state index is 5.58. The average molecular weight is 183 g/mol. The van der Waals surface area contributed by atoms with Crippen LogP contribution in [0.3, 0.4) is 0 Å². The van der Waals surface area contributed by atoms with Crippen molar-refractivity contribution in [2.45, 2.75) is 39.3 Å². The maximum Gasteiger partial charge on any atom is 0.0625 e. The fraction of sp³-hybridized carbons (Fsp3) is 1.00. The fourth-order valence-electron chi connectivity index (χ4n) is 2.86. The van der Waals surface area contributed by atoms with E-state index in [0.717, 1.165) is 31.1 Å². The zero-order valence-electron chi connectivity index (χ0n) is 8.99. The molecule has 0 aromatic rings. The number of rotatable bonds is 1. The average Bonchev–Trinajstić information content (AvgIpc) is 2.49. The highest BCUT2D eigenvalue weighted by atomic mass is 16.5. The topological polar surface area (TPSA) is 12.5 Å². The van der Waals surface area contributed by atoms with Crippen molar-refractivity contribution in [2.75, 3.05) is 19.8 Å². The van der Waals surface area contributed by atoms with Crippen molar-refractivity contribution in [3.63, 3.8) is 0 Å². The number of hydrogen-bond donors (Lipinski definition) is 0. The molecule has 2 saturated heterocycles. The van der Waals surface area contributed by atoms with Gasteiger partial charge in [0.15, 0.2) is 0 Å². The van der Waals surface area contributed by atoms with Gasteiger partial charge in [0.2, 0.25) is 0 Å². The minimum Gasteiger partial charge on any atom is -0.379 e. The molecule has 0 spiro atoms. The first kappa shape index (κ1) is 9.47. The van der Waals surface area contributed by atoms with E-state index in [1.165, 1.54) is 13.0 Å². The van der Waals surface area contributed by atoms with Gasteiger partial charge in [0.25, 0.3) is 0 Å². The Morgan fingerprint density at radius 2 is 2.08 bits per heavy atom. The molecular formula is C11H21NO. The summed E-state index contributed by atoms with van der Waals surface area (Å²) in [6.07, 6.45) is 1.37. The summed E-state index contributed by atoms with van der Waals surface area (Å²) in [6, 6.07) is 1.40. The molecular weight excluding hydrogens is 162 g/mol. The smallest absolute Gasteiger partial charge is 0.0625 e. The van der Waals surface area contributed by atoms with Crippen molar-refractivity contribution in [3.8, 4) is 0 Å². The van der Waals surface area contributed by atoms with Crippen LogP contribution in [0.4, 0.5) is 0 Å². The minimum absolute atomic E-state index is 0.678. The van der Waals surface area contributed by atoms with Crippen molar-refractivity contribution in [3.05, 3.63) is 0 Å². The zero-order valence-corrected chi connectivity index (χ0v) is 8.99. The summed E-state index contributed by atoms with van der Waals surface area (Å²) in [5.74, 6) is 1.66. The second-order valence-corrected chi connectivity index (χ2v) is 5.00. The van der Waals surface area contributed by atoms with Gasteiger partial charge in [-0.15, -0.1) is 0 Å². The lowest BCUT2D eigenvalue weighted by molar-refractivity contribution is 0.0589. The van der Waals surface area contributed by atoms with E-state index in [2.05, 4.69) is 25.7 Å². The van der Waals surface area contributed by atoms with E-state index in [1.807, 2.05) is 0 Å². The van der Waals surface area contributed by atoms with Gasteiger partial charge in [-0.3, -0.25) is 4.90 Å². The number of fused-ring (bicyclic) bond motifs is 1. The van der Waals surface area contributed by atoms with Crippen molar-refractivity contribution in [1.29, 1.82) is 0 Å². The molecule has 0 aliphatic carbocycles. The van der Waals surface area contributed by atoms with Crippen LogP contribution in [0.15, 0.2) is 0 Å². The number of likely N-dealkylation sites (tertiary alicyclic amines) is 1. The molecule has 2 nitrogen and oxygen atoms in total. The number of piperidine rings is 1. The van der Waals surface area contributed by atoms with Crippen molar-refractivity contribution in [2.24, 2.45) is 11.8 Å². The fourth-order valence-corrected chi connectivity index (χ4v) is 2.86. The van der Waals surface area contributed by atoms with Crippen LogP contribution in [-0.2, 0) is 4.74 Å². The summed E-state index contributed by atoms with van der Waals surface area (Å²) in [6.45, 7) is 10.2. The molecule has 2 aliphatic heterocycles. The monoisotopic (exact) mass is 183 g/mol. The van der Waals surface area contributed by atoms with Gasteiger partial charge in [-0.1, -0.05) is 6.92 Å². The molecule has 0 saturated carbocycles. The Kier molecular flexibility index (Phi) is 2.61. The van der Waals surface area contributed by atoms with Gasteiger partial charge >= 0.3 is 0 Å². The quantitative estimate of drug-likeness (QED) is 0.614. The van der Waals surface area contributed by atoms with Crippen LogP contribution in [0, 0.1) is 11.8 Å². The first-order chi connectivity index (χ1) is 6.18. The maximum atomic E-state index is 5.58. The van der Waals surface area contributed by atoms with Crippen LogP contribution in [0.25, 0.3) is 0 Å². The Morgan fingerprint density at radius 3 is 2.77 bits per heavy atom. The third-order valence-electron chi connectivity index (χ3n) is 3.48. The third-order valence-corrected chi connectivity index (χ3v) is 3.48. The van der Waals surface area contributed by atoms with Gasteiger partial charge in [0.05, 0.1) is 13.2 Å². The summed E-state index contributed by atoms with van der Waals surface area (Å²) >= 11 is 0. The number of ether oxygens (including phenoxy) is 1. The molecule has 2 heterocycles.